The summed E-state index contributed by atoms with van der Waals surface area (Å²) in [5.74, 6) is 0.246. The molecule has 4 nitrogen and oxygen atoms in total. The molecule has 0 aromatic rings. The summed E-state index contributed by atoms with van der Waals surface area (Å²) >= 11 is 0. The number of nitrogens with zero attached hydrogens (tertiary/aromatic N) is 3. The summed E-state index contributed by atoms with van der Waals surface area (Å²) in [4.78, 5) is 11.1. The Morgan fingerprint density at radius 1 is 1.60 bits per heavy atom. The van der Waals surface area contributed by atoms with Gasteiger partial charge in [0.15, 0.2) is 6.04 Å². The highest BCUT2D eigenvalue weighted by atomic mass is 16.2. The van der Waals surface area contributed by atoms with Crippen molar-refractivity contribution in [2.24, 2.45) is 16.3 Å². The third-order valence-corrected chi connectivity index (χ3v) is 1.51. The molecule has 0 bridgehead atoms. The minimum Gasteiger partial charge on any atom is -0.270 e. The zero-order valence-electron chi connectivity index (χ0n) is 6.40. The lowest BCUT2D eigenvalue weighted by Crippen LogP contribution is -2.29. The van der Waals surface area contributed by atoms with Crippen LogP contribution in [-0.2, 0) is 4.79 Å². The van der Waals surface area contributed by atoms with Crippen molar-refractivity contribution in [1.82, 2.24) is 5.01 Å². The van der Waals surface area contributed by atoms with E-state index in [4.69, 9.17) is 0 Å². The molecule has 0 saturated heterocycles. The van der Waals surface area contributed by atoms with E-state index < -0.39 is 0 Å². The summed E-state index contributed by atoms with van der Waals surface area (Å²) in [6, 6.07) is -0.245. The second kappa shape index (κ2) is 2.36. The van der Waals surface area contributed by atoms with Gasteiger partial charge >= 0.3 is 0 Å². The molecule has 1 aliphatic rings. The van der Waals surface area contributed by atoms with Gasteiger partial charge in [-0.15, -0.1) is 0 Å². The number of rotatable bonds is 1. The summed E-state index contributed by atoms with van der Waals surface area (Å²) in [7, 11) is 1.62. The second-order valence-electron chi connectivity index (χ2n) is 2.76. The van der Waals surface area contributed by atoms with Crippen LogP contribution in [0.25, 0.3) is 0 Å². The SMILES string of the molecule is CC(C)C1N=NN(C)C1=O. The fourth-order valence-corrected chi connectivity index (χ4v) is 0.836. The predicted octanol–water partition coefficient (Wildman–Crippen LogP) is 0.850. The van der Waals surface area contributed by atoms with Gasteiger partial charge in [-0.1, -0.05) is 19.1 Å². The molecule has 1 amide bonds. The highest BCUT2D eigenvalue weighted by molar-refractivity contribution is 5.82. The van der Waals surface area contributed by atoms with Crippen LogP contribution in [0.4, 0.5) is 0 Å². The predicted molar refractivity (Wildman–Crippen MR) is 36.3 cm³/mol. The van der Waals surface area contributed by atoms with Crippen molar-refractivity contribution in [2.45, 2.75) is 19.9 Å². The first-order valence-electron chi connectivity index (χ1n) is 3.31. The van der Waals surface area contributed by atoms with Crippen LogP contribution in [0.3, 0.4) is 0 Å². The van der Waals surface area contributed by atoms with Gasteiger partial charge in [0.05, 0.1) is 0 Å². The highest BCUT2D eigenvalue weighted by Crippen LogP contribution is 2.15. The molecule has 10 heavy (non-hydrogen) atoms. The summed E-state index contributed by atoms with van der Waals surface area (Å²) in [6.45, 7) is 3.92. The van der Waals surface area contributed by atoms with Gasteiger partial charge in [0.1, 0.15) is 0 Å². The molecule has 56 valence electrons. The number of carbonyl (C=O) groups is 1. The molecule has 1 aliphatic heterocycles. The van der Waals surface area contributed by atoms with E-state index in [0.29, 0.717) is 0 Å². The van der Waals surface area contributed by atoms with E-state index in [1.54, 1.807) is 7.05 Å². The Balaban J connectivity index is 2.67. The highest BCUT2D eigenvalue weighted by Gasteiger charge is 2.29. The van der Waals surface area contributed by atoms with Gasteiger partial charge in [0.25, 0.3) is 5.91 Å². The van der Waals surface area contributed by atoms with E-state index in [1.807, 2.05) is 13.8 Å². The molecule has 1 rings (SSSR count). The smallest absolute Gasteiger partial charge is 0.270 e. The second-order valence-corrected chi connectivity index (χ2v) is 2.76. The normalized spacial score (nSPS) is 25.0. The minimum absolute atomic E-state index is 0.00463. The van der Waals surface area contributed by atoms with E-state index in [1.165, 1.54) is 5.01 Å². The van der Waals surface area contributed by atoms with Crippen LogP contribution in [0.5, 0.6) is 0 Å². The Labute approximate surface area is 59.9 Å². The van der Waals surface area contributed by atoms with Crippen LogP contribution in [0.1, 0.15) is 13.8 Å². The molecule has 1 unspecified atom stereocenters. The van der Waals surface area contributed by atoms with Gasteiger partial charge in [-0.3, -0.25) is 4.79 Å². The largest absolute Gasteiger partial charge is 0.270 e. The Morgan fingerprint density at radius 3 is 2.40 bits per heavy atom. The topological polar surface area (TPSA) is 45.0 Å². The fraction of sp³-hybridized carbons (Fsp3) is 0.833. The molecule has 0 N–H and O–H groups in total. The first-order chi connectivity index (χ1) is 4.63. The molecule has 1 atom stereocenters. The molecular formula is C6H11N3O. The maximum atomic E-state index is 11.1. The molecule has 0 spiro atoms. The summed E-state index contributed by atoms with van der Waals surface area (Å²) < 4.78 is 0. The van der Waals surface area contributed by atoms with E-state index in [9.17, 15) is 4.79 Å². The van der Waals surface area contributed by atoms with E-state index >= 15 is 0 Å². The van der Waals surface area contributed by atoms with E-state index in [2.05, 4.69) is 10.3 Å². The number of hydrogen-bond donors (Lipinski definition) is 0. The third-order valence-electron chi connectivity index (χ3n) is 1.51. The molecule has 4 heteroatoms. The number of carbonyl (C=O) groups excluding carboxylic acids is 1. The maximum Gasteiger partial charge on any atom is 0.270 e. The molecule has 0 radical (unpaired) electrons. The molecule has 1 heterocycles. The zero-order valence-corrected chi connectivity index (χ0v) is 6.40. The van der Waals surface area contributed by atoms with Crippen LogP contribution in [0.15, 0.2) is 10.3 Å². The van der Waals surface area contributed by atoms with Crippen LogP contribution in [-0.4, -0.2) is 24.0 Å². The third kappa shape index (κ3) is 1.01. The standard InChI is InChI=1S/C6H11N3O/c1-4(2)5-6(10)9(3)8-7-5/h4-5H,1-3H3. The molecule has 0 aromatic carbocycles. The van der Waals surface area contributed by atoms with Crippen LogP contribution in [0, 0.1) is 5.92 Å². The first kappa shape index (κ1) is 7.18. The maximum absolute atomic E-state index is 11.1. The summed E-state index contributed by atoms with van der Waals surface area (Å²) in [6.07, 6.45) is 0. The van der Waals surface area contributed by atoms with Crippen molar-refractivity contribution in [3.05, 3.63) is 0 Å². The van der Waals surface area contributed by atoms with Crippen LogP contribution < -0.4 is 0 Å². The first-order valence-corrected chi connectivity index (χ1v) is 3.31. The van der Waals surface area contributed by atoms with Gasteiger partial charge < -0.3 is 0 Å². The zero-order chi connectivity index (χ0) is 7.72. The Morgan fingerprint density at radius 2 is 2.20 bits per heavy atom. The number of hydrogen-bond acceptors (Lipinski definition) is 3. The van der Waals surface area contributed by atoms with Crippen molar-refractivity contribution in [3.63, 3.8) is 0 Å². The lowest BCUT2D eigenvalue weighted by atomic mass is 10.1. The van der Waals surface area contributed by atoms with Crippen molar-refractivity contribution in [3.8, 4) is 0 Å². The monoisotopic (exact) mass is 141 g/mol. The Bertz CT molecular complexity index is 176. The van der Waals surface area contributed by atoms with Crippen molar-refractivity contribution < 1.29 is 4.79 Å². The number of likely N-dealkylation sites (N-methyl/N-ethyl adjacent to an activating group) is 1. The van der Waals surface area contributed by atoms with Crippen molar-refractivity contribution >= 4 is 5.91 Å². The van der Waals surface area contributed by atoms with E-state index in [-0.39, 0.29) is 17.9 Å². The average molecular weight is 141 g/mol. The van der Waals surface area contributed by atoms with Crippen molar-refractivity contribution in [2.75, 3.05) is 7.05 Å². The Kier molecular flexibility index (Phi) is 1.70. The molecule has 0 fully saturated rings. The summed E-state index contributed by atoms with van der Waals surface area (Å²) in [5.41, 5.74) is 0. The molecule has 0 saturated carbocycles. The minimum atomic E-state index is -0.245. The average Bonchev–Trinajstić information content (AvgIpc) is 2.14. The van der Waals surface area contributed by atoms with Crippen LogP contribution in [0.2, 0.25) is 0 Å². The lowest BCUT2D eigenvalue weighted by Gasteiger charge is -2.08. The van der Waals surface area contributed by atoms with Crippen LogP contribution >= 0.6 is 0 Å². The fourth-order valence-electron chi connectivity index (χ4n) is 0.836. The lowest BCUT2D eigenvalue weighted by molar-refractivity contribution is -0.129. The van der Waals surface area contributed by atoms with Gasteiger partial charge in [-0.2, -0.15) is 5.11 Å². The Hall–Kier alpha value is -0.930. The van der Waals surface area contributed by atoms with Gasteiger partial charge in [-0.25, -0.2) is 5.01 Å². The van der Waals surface area contributed by atoms with E-state index in [0.717, 1.165) is 0 Å². The number of amides is 1. The summed E-state index contributed by atoms with van der Waals surface area (Å²) in [5, 5.41) is 8.71. The van der Waals surface area contributed by atoms with Gasteiger partial charge in [-0.05, 0) is 5.92 Å². The molecular weight excluding hydrogens is 130 g/mol. The molecule has 0 aliphatic carbocycles. The molecule has 0 aromatic heterocycles. The van der Waals surface area contributed by atoms with Crippen molar-refractivity contribution in [1.29, 1.82) is 0 Å². The quantitative estimate of drug-likeness (QED) is 0.534. The van der Waals surface area contributed by atoms with Gasteiger partial charge in [0, 0.05) is 7.05 Å². The van der Waals surface area contributed by atoms with Gasteiger partial charge in [0.2, 0.25) is 0 Å².